The van der Waals surface area contributed by atoms with Crippen molar-refractivity contribution in [2.75, 3.05) is 26.4 Å². The highest BCUT2D eigenvalue weighted by molar-refractivity contribution is 9.10. The normalized spacial score (nSPS) is 17.4. The number of aliphatic imine (C=N–C) groups is 1. The quantitative estimate of drug-likeness (QED) is 0.277. The minimum absolute atomic E-state index is 0.0959. The first-order chi connectivity index (χ1) is 16.1. The number of nitrogens with one attached hydrogen (secondary N) is 2. The number of amides is 1. The molecule has 0 fully saturated rings. The van der Waals surface area contributed by atoms with E-state index in [1.54, 1.807) is 0 Å². The number of halogens is 1. The van der Waals surface area contributed by atoms with Crippen molar-refractivity contribution in [2.24, 2.45) is 4.99 Å². The van der Waals surface area contributed by atoms with Crippen molar-refractivity contribution in [3.8, 4) is 5.75 Å². The Morgan fingerprint density at radius 3 is 2.61 bits per heavy atom. The van der Waals surface area contributed by atoms with Crippen LogP contribution in [-0.2, 0) is 16.0 Å². The average Bonchev–Trinajstić information content (AvgIpc) is 3.26. The van der Waals surface area contributed by atoms with Gasteiger partial charge in [0.05, 0.1) is 6.61 Å². The summed E-state index contributed by atoms with van der Waals surface area (Å²) in [6.45, 7) is 3.57. The number of nitrogens with zero attached hydrogens (tertiary/aromatic N) is 1. The Kier molecular flexibility index (Phi) is 9.72. The van der Waals surface area contributed by atoms with Gasteiger partial charge in [0.25, 0.3) is 5.91 Å². The van der Waals surface area contributed by atoms with E-state index in [4.69, 9.17) is 19.6 Å². The van der Waals surface area contributed by atoms with Crippen LogP contribution in [0.2, 0.25) is 0 Å². The lowest BCUT2D eigenvalue weighted by Gasteiger charge is -2.23. The third-order valence-electron chi connectivity index (χ3n) is 5.38. The highest BCUT2D eigenvalue weighted by Crippen LogP contribution is 2.28. The van der Waals surface area contributed by atoms with Gasteiger partial charge in [0.2, 0.25) is 5.90 Å². The Bertz CT molecular complexity index is 918. The molecule has 8 heteroatoms. The van der Waals surface area contributed by atoms with Crippen LogP contribution < -0.4 is 15.6 Å². The van der Waals surface area contributed by atoms with E-state index in [-0.39, 0.29) is 19.1 Å². The molecule has 0 saturated carbocycles. The number of aliphatic hydroxyl groups is 1. The van der Waals surface area contributed by atoms with Gasteiger partial charge in [0.15, 0.2) is 5.54 Å². The van der Waals surface area contributed by atoms with Gasteiger partial charge in [-0.1, -0.05) is 47.8 Å². The second-order valence-electron chi connectivity index (χ2n) is 8.08. The molecular weight excluding hydrogens is 486 g/mol. The fourth-order valence-electron chi connectivity index (χ4n) is 3.49. The van der Waals surface area contributed by atoms with Gasteiger partial charge >= 0.3 is 0 Å². The minimum atomic E-state index is -1.06. The summed E-state index contributed by atoms with van der Waals surface area (Å²) in [4.78, 5) is 18.0. The van der Waals surface area contributed by atoms with Crippen molar-refractivity contribution in [1.82, 2.24) is 10.9 Å². The first kappa shape index (κ1) is 25.2. The van der Waals surface area contributed by atoms with Crippen LogP contribution in [0.15, 0.2) is 58.0 Å². The van der Waals surface area contributed by atoms with E-state index in [0.717, 1.165) is 34.9 Å². The molecule has 3 N–H and O–H groups in total. The molecule has 7 nitrogen and oxygen atoms in total. The van der Waals surface area contributed by atoms with Crippen LogP contribution in [0.1, 0.15) is 43.7 Å². The van der Waals surface area contributed by atoms with Crippen molar-refractivity contribution in [3.63, 3.8) is 0 Å². The lowest BCUT2D eigenvalue weighted by Crippen LogP contribution is -2.53. The van der Waals surface area contributed by atoms with Gasteiger partial charge in [0.1, 0.15) is 12.4 Å². The van der Waals surface area contributed by atoms with E-state index in [0.29, 0.717) is 37.6 Å². The van der Waals surface area contributed by atoms with Crippen LogP contribution in [0.25, 0.3) is 0 Å². The molecule has 0 unspecified atom stereocenters. The summed E-state index contributed by atoms with van der Waals surface area (Å²) in [5, 5.41) is 8.89. The zero-order chi connectivity index (χ0) is 23.5. The van der Waals surface area contributed by atoms with Gasteiger partial charge in [-0.15, -0.1) is 0 Å². The maximum atomic E-state index is 13.2. The lowest BCUT2D eigenvalue weighted by molar-refractivity contribution is -0.127. The molecule has 1 heterocycles. The van der Waals surface area contributed by atoms with Crippen LogP contribution in [0.4, 0.5) is 0 Å². The highest BCUT2D eigenvalue weighted by atomic mass is 79.9. The predicted octanol–water partition coefficient (Wildman–Crippen LogP) is 3.78. The van der Waals surface area contributed by atoms with Gasteiger partial charge in [-0.05, 0) is 48.4 Å². The fourth-order valence-corrected chi connectivity index (χ4v) is 3.76. The van der Waals surface area contributed by atoms with Crippen LogP contribution in [-0.4, -0.2) is 48.8 Å². The number of hydrogen-bond acceptors (Lipinski definition) is 6. The Morgan fingerprint density at radius 1 is 1.15 bits per heavy atom. The zero-order valence-electron chi connectivity index (χ0n) is 19.0. The van der Waals surface area contributed by atoms with E-state index < -0.39 is 5.54 Å². The summed E-state index contributed by atoms with van der Waals surface area (Å²) in [7, 11) is 0. The molecule has 33 heavy (non-hydrogen) atoms. The second kappa shape index (κ2) is 12.7. The van der Waals surface area contributed by atoms with Gasteiger partial charge in [0, 0.05) is 36.0 Å². The highest BCUT2D eigenvalue weighted by Gasteiger charge is 2.44. The monoisotopic (exact) mass is 517 g/mol. The molecule has 2 aromatic carbocycles. The molecule has 1 aliphatic rings. The SMILES string of the molecule is CCCCCNNC(=O)[C@]1(Cc2ccc(Br)cc2)COC(c2ccc(OCCCO)cc2)=N1. The number of carbonyl (C=O) groups is 1. The number of benzene rings is 2. The minimum Gasteiger partial charge on any atom is -0.494 e. The predicted molar refractivity (Wildman–Crippen MR) is 132 cm³/mol. The Labute approximate surface area is 203 Å². The van der Waals surface area contributed by atoms with Crippen molar-refractivity contribution < 1.29 is 19.4 Å². The molecule has 2 aromatic rings. The molecule has 1 atom stereocenters. The molecule has 0 aromatic heterocycles. The van der Waals surface area contributed by atoms with Crippen LogP contribution in [0, 0.1) is 0 Å². The van der Waals surface area contributed by atoms with Gasteiger partial charge in [-0.25, -0.2) is 10.4 Å². The molecule has 0 radical (unpaired) electrons. The van der Waals surface area contributed by atoms with Crippen molar-refractivity contribution in [1.29, 1.82) is 0 Å². The van der Waals surface area contributed by atoms with E-state index in [1.807, 2.05) is 48.5 Å². The Balaban J connectivity index is 1.75. The summed E-state index contributed by atoms with van der Waals surface area (Å²) < 4.78 is 12.5. The van der Waals surface area contributed by atoms with Crippen LogP contribution in [0.5, 0.6) is 5.75 Å². The molecule has 0 spiro atoms. The van der Waals surface area contributed by atoms with Crippen LogP contribution >= 0.6 is 15.9 Å². The number of aliphatic hydroxyl groups excluding tert-OH is 1. The smallest absolute Gasteiger partial charge is 0.266 e. The van der Waals surface area contributed by atoms with E-state index in [2.05, 4.69) is 33.7 Å². The largest absolute Gasteiger partial charge is 0.494 e. The van der Waals surface area contributed by atoms with Gasteiger partial charge in [-0.3, -0.25) is 10.2 Å². The third kappa shape index (κ3) is 7.28. The Hall–Kier alpha value is -2.42. The molecule has 178 valence electrons. The second-order valence-corrected chi connectivity index (χ2v) is 8.99. The summed E-state index contributed by atoms with van der Waals surface area (Å²) in [5.74, 6) is 0.942. The van der Waals surface area contributed by atoms with E-state index in [1.165, 1.54) is 0 Å². The zero-order valence-corrected chi connectivity index (χ0v) is 20.6. The number of ether oxygens (including phenoxy) is 2. The number of rotatable bonds is 13. The molecule has 1 aliphatic heterocycles. The third-order valence-corrected chi connectivity index (χ3v) is 5.90. The van der Waals surface area contributed by atoms with Crippen molar-refractivity contribution in [3.05, 3.63) is 64.1 Å². The summed E-state index contributed by atoms with van der Waals surface area (Å²) in [5.41, 5.74) is 6.60. The van der Waals surface area contributed by atoms with Crippen molar-refractivity contribution >= 4 is 27.7 Å². The number of carbonyl (C=O) groups excluding carboxylic acids is 1. The van der Waals surface area contributed by atoms with Crippen LogP contribution in [0.3, 0.4) is 0 Å². The van der Waals surface area contributed by atoms with E-state index >= 15 is 0 Å². The molecule has 1 amide bonds. The van der Waals surface area contributed by atoms with Crippen molar-refractivity contribution in [2.45, 2.75) is 44.6 Å². The summed E-state index contributed by atoms with van der Waals surface area (Å²) in [6.07, 6.45) is 4.23. The number of hydrogen-bond donors (Lipinski definition) is 3. The fraction of sp³-hybridized carbons (Fsp3) is 0.440. The topological polar surface area (TPSA) is 92.2 Å². The molecule has 0 bridgehead atoms. The maximum absolute atomic E-state index is 13.2. The standard InChI is InChI=1S/C25H32BrN3O4/c1-2-3-4-14-27-29-24(31)25(17-19-6-10-21(26)11-7-19)18-33-23(28-25)20-8-12-22(13-9-20)32-16-5-15-30/h6-13,27,30H,2-5,14-18H2,1H3,(H,29,31)/t25-/m0/s1. The van der Waals surface area contributed by atoms with Gasteiger partial charge < -0.3 is 14.6 Å². The average molecular weight is 518 g/mol. The molecule has 0 saturated heterocycles. The maximum Gasteiger partial charge on any atom is 0.266 e. The van der Waals surface area contributed by atoms with E-state index in [9.17, 15) is 4.79 Å². The molecular formula is C25H32BrN3O4. The number of unbranched alkanes of at least 4 members (excludes halogenated alkanes) is 2. The molecule has 0 aliphatic carbocycles. The molecule has 3 rings (SSSR count). The first-order valence-corrected chi connectivity index (χ1v) is 12.2. The van der Waals surface area contributed by atoms with Gasteiger partial charge in [-0.2, -0.15) is 0 Å². The summed E-state index contributed by atoms with van der Waals surface area (Å²) in [6, 6.07) is 15.3. The number of hydrazine groups is 1. The Morgan fingerprint density at radius 2 is 1.91 bits per heavy atom. The first-order valence-electron chi connectivity index (χ1n) is 11.4. The lowest BCUT2D eigenvalue weighted by atomic mass is 9.91. The summed E-state index contributed by atoms with van der Waals surface area (Å²) >= 11 is 3.46.